The maximum Gasteiger partial charge on any atom is 0.409 e. The third-order valence-electron chi connectivity index (χ3n) is 4.09. The third-order valence-corrected chi connectivity index (χ3v) is 5.09. The van der Waals surface area contributed by atoms with Crippen LogP contribution in [0.5, 0.6) is 0 Å². The molecule has 3 heterocycles. The number of nitrogens with one attached hydrogen (secondary N) is 1. The molecule has 1 N–H and O–H groups in total. The second kappa shape index (κ2) is 6.42. The molecule has 0 radical (unpaired) electrons. The molecule has 1 aromatic rings. The molecule has 8 nitrogen and oxygen atoms in total. The highest BCUT2D eigenvalue weighted by Crippen LogP contribution is 2.29. The fraction of sp³-hybridized carbons (Fsp3) is 0.571. The highest BCUT2D eigenvalue weighted by Gasteiger charge is 2.29. The van der Waals surface area contributed by atoms with E-state index in [0.29, 0.717) is 44.2 Å². The average molecular weight is 335 g/mol. The van der Waals surface area contributed by atoms with E-state index < -0.39 is 0 Å². The fourth-order valence-corrected chi connectivity index (χ4v) is 3.83. The standard InChI is InChI=1S/C14H17N5O3S/c1-22-14(21)19-5-3-10-11(7-19)23-13(16-10)17-12(20)9-2-4-18(6-9)8-15/h9H,2-7H2,1H3,(H,16,17,20)/t9-/m0/s1. The number of anilines is 1. The number of likely N-dealkylation sites (tertiary alicyclic amines) is 1. The summed E-state index contributed by atoms with van der Waals surface area (Å²) in [6.07, 6.45) is 3.05. The van der Waals surface area contributed by atoms with Crippen LogP contribution in [-0.2, 0) is 22.5 Å². The van der Waals surface area contributed by atoms with Crippen molar-refractivity contribution in [3.8, 4) is 6.19 Å². The minimum atomic E-state index is -0.350. The predicted molar refractivity (Wildman–Crippen MR) is 82.6 cm³/mol. The van der Waals surface area contributed by atoms with Gasteiger partial charge in [0.25, 0.3) is 0 Å². The van der Waals surface area contributed by atoms with Crippen molar-refractivity contribution in [1.82, 2.24) is 14.8 Å². The summed E-state index contributed by atoms with van der Waals surface area (Å²) in [5, 5.41) is 12.2. The van der Waals surface area contributed by atoms with Gasteiger partial charge in [-0.3, -0.25) is 4.79 Å². The second-order valence-corrected chi connectivity index (χ2v) is 6.63. The fourth-order valence-electron chi connectivity index (χ4n) is 2.81. The van der Waals surface area contributed by atoms with Gasteiger partial charge in [-0.05, 0) is 6.42 Å². The highest BCUT2D eigenvalue weighted by molar-refractivity contribution is 7.15. The van der Waals surface area contributed by atoms with Crippen LogP contribution >= 0.6 is 11.3 Å². The van der Waals surface area contributed by atoms with Gasteiger partial charge in [-0.2, -0.15) is 5.26 Å². The van der Waals surface area contributed by atoms with Crippen LogP contribution in [0.3, 0.4) is 0 Å². The van der Waals surface area contributed by atoms with Gasteiger partial charge in [0, 0.05) is 30.9 Å². The van der Waals surface area contributed by atoms with Crippen molar-refractivity contribution in [1.29, 1.82) is 5.26 Å². The van der Waals surface area contributed by atoms with Gasteiger partial charge < -0.3 is 19.9 Å². The van der Waals surface area contributed by atoms with Gasteiger partial charge in [0.05, 0.1) is 25.3 Å². The third kappa shape index (κ3) is 3.22. The maximum absolute atomic E-state index is 12.2. The molecule has 1 aromatic heterocycles. The molecule has 0 saturated carbocycles. The summed E-state index contributed by atoms with van der Waals surface area (Å²) in [4.78, 5) is 32.5. The van der Waals surface area contributed by atoms with Crippen LogP contribution in [0.4, 0.5) is 9.93 Å². The molecule has 0 unspecified atom stereocenters. The van der Waals surface area contributed by atoms with Crippen LogP contribution in [0, 0.1) is 17.4 Å². The number of rotatable bonds is 2. The van der Waals surface area contributed by atoms with Gasteiger partial charge in [0.1, 0.15) is 0 Å². The first-order valence-electron chi connectivity index (χ1n) is 7.37. The number of thiazole rings is 1. The molecule has 0 spiro atoms. The van der Waals surface area contributed by atoms with Crippen LogP contribution in [-0.4, -0.2) is 53.5 Å². The average Bonchev–Trinajstić information content (AvgIpc) is 3.19. The van der Waals surface area contributed by atoms with E-state index in [-0.39, 0.29) is 17.9 Å². The second-order valence-electron chi connectivity index (χ2n) is 5.55. The predicted octanol–water partition coefficient (Wildman–Crippen LogP) is 1.01. The minimum absolute atomic E-state index is 0.0985. The van der Waals surface area contributed by atoms with Crippen LogP contribution in [0.2, 0.25) is 0 Å². The number of ether oxygens (including phenoxy) is 1. The van der Waals surface area contributed by atoms with Crippen molar-refractivity contribution in [3.63, 3.8) is 0 Å². The number of carbonyl (C=O) groups excluding carboxylic acids is 2. The number of methoxy groups -OCH3 is 1. The molecule has 1 fully saturated rings. The largest absolute Gasteiger partial charge is 0.453 e. The summed E-state index contributed by atoms with van der Waals surface area (Å²) < 4.78 is 4.73. The summed E-state index contributed by atoms with van der Waals surface area (Å²) in [7, 11) is 1.36. The van der Waals surface area contributed by atoms with E-state index in [9.17, 15) is 9.59 Å². The van der Waals surface area contributed by atoms with Crippen LogP contribution in [0.1, 0.15) is 17.0 Å². The van der Waals surface area contributed by atoms with Gasteiger partial charge in [-0.25, -0.2) is 9.78 Å². The molecule has 0 bridgehead atoms. The lowest BCUT2D eigenvalue weighted by atomic mass is 10.1. The van der Waals surface area contributed by atoms with Gasteiger partial charge in [0.2, 0.25) is 5.91 Å². The van der Waals surface area contributed by atoms with E-state index in [1.54, 1.807) is 9.80 Å². The Hall–Kier alpha value is -2.34. The normalized spacial score (nSPS) is 19.9. The van der Waals surface area contributed by atoms with E-state index in [1.807, 2.05) is 0 Å². The summed E-state index contributed by atoms with van der Waals surface area (Å²) >= 11 is 1.39. The zero-order chi connectivity index (χ0) is 16.4. The Bertz CT molecular complexity index is 668. The Kier molecular flexibility index (Phi) is 4.34. The molecule has 3 rings (SSSR count). The Morgan fingerprint density at radius 1 is 1.48 bits per heavy atom. The van der Waals surface area contributed by atoms with Crippen LogP contribution in [0.25, 0.3) is 0 Å². The number of aromatic nitrogens is 1. The molecule has 0 aliphatic carbocycles. The zero-order valence-corrected chi connectivity index (χ0v) is 13.6. The molecule has 2 aliphatic heterocycles. The lowest BCUT2D eigenvalue weighted by Crippen LogP contribution is -2.35. The lowest BCUT2D eigenvalue weighted by Gasteiger charge is -2.24. The molecule has 23 heavy (non-hydrogen) atoms. The van der Waals surface area contributed by atoms with Crippen molar-refractivity contribution in [3.05, 3.63) is 10.6 Å². The van der Waals surface area contributed by atoms with Gasteiger partial charge in [-0.15, -0.1) is 0 Å². The monoisotopic (exact) mass is 335 g/mol. The summed E-state index contributed by atoms with van der Waals surface area (Å²) in [6.45, 7) is 2.11. The first-order valence-corrected chi connectivity index (χ1v) is 8.19. The number of nitriles is 1. The molecule has 1 saturated heterocycles. The molecular weight excluding hydrogens is 318 g/mol. The number of amides is 2. The number of hydrogen-bond acceptors (Lipinski definition) is 7. The molecule has 2 amide bonds. The van der Waals surface area contributed by atoms with Crippen molar-refractivity contribution < 1.29 is 14.3 Å². The quantitative estimate of drug-likeness (QED) is 0.810. The van der Waals surface area contributed by atoms with Crippen LogP contribution in [0.15, 0.2) is 0 Å². The summed E-state index contributed by atoms with van der Waals surface area (Å²) in [6, 6.07) is 0. The first-order chi connectivity index (χ1) is 11.1. The highest BCUT2D eigenvalue weighted by atomic mass is 32.1. The zero-order valence-electron chi connectivity index (χ0n) is 12.7. The van der Waals surface area contributed by atoms with Crippen molar-refractivity contribution >= 4 is 28.5 Å². The Balaban J connectivity index is 1.63. The van der Waals surface area contributed by atoms with Crippen LogP contribution < -0.4 is 5.32 Å². The van der Waals surface area contributed by atoms with Gasteiger partial charge in [0.15, 0.2) is 11.3 Å². The minimum Gasteiger partial charge on any atom is -0.453 e. The smallest absolute Gasteiger partial charge is 0.409 e. The number of fused-ring (bicyclic) bond motifs is 1. The Morgan fingerprint density at radius 2 is 2.30 bits per heavy atom. The summed E-state index contributed by atoms with van der Waals surface area (Å²) in [5.74, 6) is -0.277. The Morgan fingerprint density at radius 3 is 3.00 bits per heavy atom. The number of nitrogens with zero attached hydrogens (tertiary/aromatic N) is 4. The molecule has 1 atom stereocenters. The van der Waals surface area contributed by atoms with Gasteiger partial charge >= 0.3 is 6.09 Å². The molecule has 2 aliphatic rings. The van der Waals surface area contributed by atoms with E-state index in [0.717, 1.165) is 10.6 Å². The SMILES string of the molecule is COC(=O)N1CCc2nc(NC(=O)[C@H]3CCN(C#N)C3)sc2C1. The van der Waals surface area contributed by atoms with Crippen molar-refractivity contribution in [2.75, 3.05) is 32.1 Å². The maximum atomic E-state index is 12.2. The topological polar surface area (TPSA) is 98.6 Å². The Labute approximate surface area is 137 Å². The lowest BCUT2D eigenvalue weighted by molar-refractivity contribution is -0.119. The van der Waals surface area contributed by atoms with E-state index in [1.165, 1.54) is 18.4 Å². The molecule has 122 valence electrons. The van der Waals surface area contributed by atoms with E-state index in [2.05, 4.69) is 16.5 Å². The van der Waals surface area contributed by atoms with Crippen molar-refractivity contribution in [2.45, 2.75) is 19.4 Å². The van der Waals surface area contributed by atoms with Crippen molar-refractivity contribution in [2.24, 2.45) is 5.92 Å². The first kappa shape index (κ1) is 15.6. The van der Waals surface area contributed by atoms with E-state index >= 15 is 0 Å². The number of hydrogen-bond donors (Lipinski definition) is 1. The van der Waals surface area contributed by atoms with Gasteiger partial charge in [-0.1, -0.05) is 11.3 Å². The summed E-state index contributed by atoms with van der Waals surface area (Å²) in [5.41, 5.74) is 0.926. The molecular formula is C14H17N5O3S. The molecule has 0 aromatic carbocycles. The van der Waals surface area contributed by atoms with E-state index in [4.69, 9.17) is 10.00 Å². The molecule has 9 heteroatoms. The number of carbonyl (C=O) groups is 2.